The molecule has 10 rings (SSSR count). The van der Waals surface area contributed by atoms with Crippen molar-refractivity contribution in [2.45, 2.75) is 106 Å². The predicted octanol–water partition coefficient (Wildman–Crippen LogP) is 1.07. The van der Waals surface area contributed by atoms with Crippen LogP contribution in [0, 0.1) is 58.2 Å². The Morgan fingerprint density at radius 3 is 2.66 bits per heavy atom. The quantitative estimate of drug-likeness (QED) is 0.106. The topological polar surface area (TPSA) is 177 Å². The van der Waals surface area contributed by atoms with Crippen LogP contribution >= 0.6 is 0 Å². The van der Waals surface area contributed by atoms with Crippen LogP contribution < -0.4 is 5.32 Å². The highest BCUT2D eigenvalue weighted by molar-refractivity contribution is 5.86. The van der Waals surface area contributed by atoms with Crippen molar-refractivity contribution in [3.05, 3.63) is 58.7 Å². The Labute approximate surface area is 291 Å². The molecule has 1 spiro atoms. The third kappa shape index (κ3) is 3.80. The Morgan fingerprint density at radius 2 is 1.90 bits per heavy atom. The third-order valence-corrected chi connectivity index (χ3v) is 15.3. The minimum atomic E-state index is -2.18. The monoisotopic (exact) mass is 685 g/mol. The number of rotatable bonds is 3. The first-order chi connectivity index (χ1) is 23.9. The standard InChI is InChI=1S/C40H47NO9/c1-41-30-13-27-21(6-4-7-23(27)19-42)5-2-3-10-36-15-22-8-9-25-12-26(44)17-37(47)18-31(45)40(49,35(22)38(25,37)20-43)39(36,48)16-24-11-28(30)34-29(33(24)36)14-32(46)50-34/h4,6-9,14,20,22,24-26,28,30-31,33-35,41-42,44-45,47-49H,3,10-13,15-19H2,1H3. The Morgan fingerprint density at radius 1 is 1.08 bits per heavy atom. The van der Waals surface area contributed by atoms with Crippen molar-refractivity contribution in [3.8, 4) is 11.8 Å². The molecule has 50 heavy (non-hydrogen) atoms. The van der Waals surface area contributed by atoms with Gasteiger partial charge in [0, 0.05) is 54.2 Å². The van der Waals surface area contributed by atoms with Crippen molar-refractivity contribution in [3.63, 3.8) is 0 Å². The number of ether oxygens (including phenoxy) is 1. The number of aliphatic hydroxyl groups is 6. The van der Waals surface area contributed by atoms with E-state index in [-0.39, 0.29) is 56.1 Å². The van der Waals surface area contributed by atoms with Crippen LogP contribution in [0.25, 0.3) is 0 Å². The molecule has 0 saturated heterocycles. The van der Waals surface area contributed by atoms with E-state index in [0.717, 1.165) is 28.5 Å². The molecule has 4 bridgehead atoms. The van der Waals surface area contributed by atoms with Gasteiger partial charge in [0.05, 0.1) is 29.8 Å². The molecule has 5 fully saturated rings. The molecule has 1 aromatic rings. The summed E-state index contributed by atoms with van der Waals surface area (Å²) in [6, 6.07) is 5.55. The van der Waals surface area contributed by atoms with Gasteiger partial charge in [-0.1, -0.05) is 36.1 Å². The second-order valence-electron chi connectivity index (χ2n) is 16.9. The summed E-state index contributed by atoms with van der Waals surface area (Å²) in [5, 5.41) is 76.1. The normalized spacial score (nSPS) is 50.9. The smallest absolute Gasteiger partial charge is 0.331 e. The van der Waals surface area contributed by atoms with Gasteiger partial charge in [0.1, 0.15) is 23.6 Å². The summed E-state index contributed by atoms with van der Waals surface area (Å²) in [6.07, 6.45) is 5.27. The molecule has 1 heterocycles. The highest BCUT2D eigenvalue weighted by atomic mass is 16.5. The Kier molecular flexibility index (Phi) is 7.14. The van der Waals surface area contributed by atoms with E-state index in [1.165, 1.54) is 0 Å². The van der Waals surface area contributed by atoms with E-state index in [4.69, 9.17) is 4.74 Å². The number of carbonyl (C=O) groups excluding carboxylic acids is 2. The van der Waals surface area contributed by atoms with Crippen molar-refractivity contribution >= 4 is 12.3 Å². The van der Waals surface area contributed by atoms with Crippen LogP contribution in [0.3, 0.4) is 0 Å². The molecule has 15 atom stereocenters. The first-order valence-corrected chi connectivity index (χ1v) is 18.4. The number of aliphatic hydroxyl groups excluding tert-OH is 3. The molecule has 10 nitrogen and oxygen atoms in total. The Bertz CT molecular complexity index is 1780. The molecule has 5 saturated carbocycles. The average molecular weight is 686 g/mol. The lowest BCUT2D eigenvalue weighted by atomic mass is 9.33. The van der Waals surface area contributed by atoms with E-state index in [9.17, 15) is 40.2 Å². The van der Waals surface area contributed by atoms with Crippen LogP contribution in [0.15, 0.2) is 42.0 Å². The highest BCUT2D eigenvalue weighted by Gasteiger charge is 2.85. The van der Waals surface area contributed by atoms with Gasteiger partial charge in [-0.25, -0.2) is 4.79 Å². The number of nitrogens with one attached hydrogen (secondary N) is 1. The molecule has 0 aromatic heterocycles. The lowest BCUT2D eigenvalue weighted by Gasteiger charge is -2.73. The van der Waals surface area contributed by atoms with Gasteiger partial charge in [-0.3, -0.25) is 0 Å². The molecule has 9 aliphatic rings. The Hall–Kier alpha value is -2.88. The molecule has 1 aliphatic heterocycles. The zero-order chi connectivity index (χ0) is 35.0. The number of benzene rings is 1. The summed E-state index contributed by atoms with van der Waals surface area (Å²) < 4.78 is 6.12. The maximum absolute atomic E-state index is 13.6. The van der Waals surface area contributed by atoms with E-state index in [1.54, 1.807) is 6.08 Å². The number of fused-ring (bicyclic) bond motifs is 4. The van der Waals surface area contributed by atoms with Crippen LogP contribution in [0.5, 0.6) is 0 Å². The van der Waals surface area contributed by atoms with Gasteiger partial charge in [-0.15, -0.1) is 0 Å². The van der Waals surface area contributed by atoms with E-state index < -0.39 is 69.7 Å². The number of hydrogen-bond donors (Lipinski definition) is 7. The lowest BCUT2D eigenvalue weighted by Crippen LogP contribution is -2.84. The van der Waals surface area contributed by atoms with Crippen LogP contribution in [0.4, 0.5) is 0 Å². The number of carbonyl (C=O) groups is 2. The molecule has 0 amide bonds. The minimum absolute atomic E-state index is 0.0998. The minimum Gasteiger partial charge on any atom is -0.454 e. The van der Waals surface area contributed by atoms with Gasteiger partial charge in [0.2, 0.25) is 0 Å². The molecule has 1 aromatic carbocycles. The summed E-state index contributed by atoms with van der Waals surface area (Å²) in [7, 11) is 1.88. The zero-order valence-electron chi connectivity index (χ0n) is 28.3. The number of allylic oxidation sites excluding steroid dienone is 2. The van der Waals surface area contributed by atoms with E-state index in [1.807, 2.05) is 37.4 Å². The summed E-state index contributed by atoms with van der Waals surface area (Å²) in [5.74, 6) is 3.47. The Balaban J connectivity index is 1.27. The number of aldehydes is 1. The molecular formula is C40H47NO9. The summed E-state index contributed by atoms with van der Waals surface area (Å²) in [4.78, 5) is 26.8. The fraction of sp³-hybridized carbons (Fsp3) is 0.650. The molecule has 266 valence electrons. The molecule has 7 N–H and O–H groups in total. The number of esters is 1. The van der Waals surface area contributed by atoms with Crippen LogP contribution in [-0.4, -0.2) is 91.1 Å². The van der Waals surface area contributed by atoms with Gasteiger partial charge in [0.15, 0.2) is 0 Å². The van der Waals surface area contributed by atoms with Crippen molar-refractivity contribution in [2.24, 2.45) is 46.3 Å². The summed E-state index contributed by atoms with van der Waals surface area (Å²) in [5.41, 5.74) is -5.08. The summed E-state index contributed by atoms with van der Waals surface area (Å²) >= 11 is 0. The van der Waals surface area contributed by atoms with Crippen molar-refractivity contribution < 1.29 is 45.0 Å². The van der Waals surface area contributed by atoms with Crippen LogP contribution in [0.2, 0.25) is 0 Å². The maximum atomic E-state index is 13.6. The van der Waals surface area contributed by atoms with Gasteiger partial charge >= 0.3 is 5.97 Å². The highest BCUT2D eigenvalue weighted by Crippen LogP contribution is 2.78. The maximum Gasteiger partial charge on any atom is 0.331 e. The predicted molar refractivity (Wildman–Crippen MR) is 179 cm³/mol. The van der Waals surface area contributed by atoms with Crippen molar-refractivity contribution in [1.29, 1.82) is 0 Å². The third-order valence-electron chi connectivity index (χ3n) is 15.3. The van der Waals surface area contributed by atoms with Gasteiger partial charge in [0.25, 0.3) is 0 Å². The fourth-order valence-electron chi connectivity index (χ4n) is 13.7. The van der Waals surface area contributed by atoms with E-state index >= 15 is 0 Å². The first kappa shape index (κ1) is 33.0. The van der Waals surface area contributed by atoms with Gasteiger partial charge in [-0.05, 0) is 92.0 Å². The largest absolute Gasteiger partial charge is 0.454 e. The second kappa shape index (κ2) is 10.8. The second-order valence-corrected chi connectivity index (χ2v) is 16.9. The van der Waals surface area contributed by atoms with Crippen LogP contribution in [-0.2, 0) is 27.4 Å². The molecule has 10 heteroatoms. The lowest BCUT2D eigenvalue weighted by molar-refractivity contribution is -0.364. The van der Waals surface area contributed by atoms with E-state index in [2.05, 4.69) is 17.2 Å². The zero-order valence-corrected chi connectivity index (χ0v) is 28.3. The van der Waals surface area contributed by atoms with E-state index in [0.29, 0.717) is 32.1 Å². The number of hydrogen-bond acceptors (Lipinski definition) is 10. The first-order valence-electron chi connectivity index (χ1n) is 18.4. The van der Waals surface area contributed by atoms with Crippen molar-refractivity contribution in [2.75, 3.05) is 7.05 Å². The van der Waals surface area contributed by atoms with Crippen molar-refractivity contribution in [1.82, 2.24) is 5.32 Å². The molecule has 8 aliphatic carbocycles. The van der Waals surface area contributed by atoms with Gasteiger partial charge in [-0.2, -0.15) is 0 Å². The number of likely N-dealkylation sites (N-methyl/N-ethyl adjacent to an activating group) is 1. The van der Waals surface area contributed by atoms with Gasteiger partial charge < -0.3 is 45.5 Å². The SMILES string of the molecule is CNC1Cc2c(cccc2CO)C#CCCC23CC4C=CC5CC(O)CC6(O)CC(O)C(O)(C4C56C=O)C2(O)CC2CC1C1OC(=O)C=C1C23. The summed E-state index contributed by atoms with van der Waals surface area (Å²) in [6.45, 7) is -0.134. The van der Waals surface area contributed by atoms with Crippen LogP contribution in [0.1, 0.15) is 68.1 Å². The molecular weight excluding hydrogens is 638 g/mol. The average Bonchev–Trinajstić information content (AvgIpc) is 3.59. The molecule has 0 radical (unpaired) electrons. The fourth-order valence-corrected chi connectivity index (χ4v) is 13.7. The molecule has 15 unspecified atom stereocenters.